The van der Waals surface area contributed by atoms with Gasteiger partial charge >= 0.3 is 5.97 Å². The first kappa shape index (κ1) is 19.5. The summed E-state index contributed by atoms with van der Waals surface area (Å²) in [6.45, 7) is 3.20. The average molecular weight is 412 g/mol. The fourth-order valence-electron chi connectivity index (χ4n) is 4.40. The summed E-state index contributed by atoms with van der Waals surface area (Å²) in [4.78, 5) is 14.0. The van der Waals surface area contributed by atoms with Crippen molar-refractivity contribution in [2.24, 2.45) is 0 Å². The van der Waals surface area contributed by atoms with Crippen LogP contribution in [0.15, 0.2) is 54.6 Å². The molecule has 154 valence electrons. The lowest BCUT2D eigenvalue weighted by Crippen LogP contribution is -2.32. The van der Waals surface area contributed by atoms with E-state index in [0.29, 0.717) is 12.2 Å². The summed E-state index contributed by atoms with van der Waals surface area (Å²) in [5, 5.41) is 8.92. The molecule has 2 heterocycles. The van der Waals surface area contributed by atoms with E-state index >= 15 is 0 Å². The summed E-state index contributed by atoms with van der Waals surface area (Å²) >= 11 is 0. The second kappa shape index (κ2) is 7.98. The molecule has 0 saturated carbocycles. The van der Waals surface area contributed by atoms with Gasteiger partial charge in [0, 0.05) is 25.2 Å². The van der Waals surface area contributed by atoms with Crippen LogP contribution in [0.1, 0.15) is 38.2 Å². The van der Waals surface area contributed by atoms with Crippen LogP contribution >= 0.6 is 0 Å². The largest absolute Gasteiger partial charge is 0.457 e. The maximum atomic E-state index is 14.0. The van der Waals surface area contributed by atoms with E-state index in [1.54, 1.807) is 6.07 Å². The van der Waals surface area contributed by atoms with Crippen molar-refractivity contribution in [3.63, 3.8) is 0 Å². The molecule has 0 saturated heterocycles. The molecule has 2 aliphatic rings. The number of halogens is 1. The number of esters is 1. The minimum Gasteiger partial charge on any atom is -0.457 e. The molecular formula is C26H21FN2O2. The average Bonchev–Trinajstić information content (AvgIpc) is 3.17. The van der Waals surface area contributed by atoms with E-state index in [2.05, 4.69) is 23.1 Å². The summed E-state index contributed by atoms with van der Waals surface area (Å²) in [5.41, 5.74) is 7.34. The SMILES string of the molecule is N#Cc1ccc(-c2ccc3c(c2)CCN(CCc2ccc4c(c2)COC4=O)C3)cc1F. The summed E-state index contributed by atoms with van der Waals surface area (Å²) in [6, 6.07) is 18.9. The Hall–Kier alpha value is -3.49. The van der Waals surface area contributed by atoms with E-state index in [9.17, 15) is 9.18 Å². The van der Waals surface area contributed by atoms with Gasteiger partial charge < -0.3 is 4.74 Å². The molecule has 2 aliphatic heterocycles. The van der Waals surface area contributed by atoms with E-state index in [0.717, 1.165) is 49.2 Å². The highest BCUT2D eigenvalue weighted by Gasteiger charge is 2.21. The molecule has 0 bridgehead atoms. The van der Waals surface area contributed by atoms with Gasteiger partial charge in [-0.3, -0.25) is 4.90 Å². The number of hydrogen-bond acceptors (Lipinski definition) is 4. The number of fused-ring (bicyclic) bond motifs is 2. The van der Waals surface area contributed by atoms with Crippen LogP contribution in [0.25, 0.3) is 11.1 Å². The third-order valence-corrected chi connectivity index (χ3v) is 6.19. The quantitative estimate of drug-likeness (QED) is 0.586. The van der Waals surface area contributed by atoms with Crippen molar-refractivity contribution in [1.29, 1.82) is 5.26 Å². The van der Waals surface area contributed by atoms with Crippen molar-refractivity contribution in [2.45, 2.75) is 26.0 Å². The summed E-state index contributed by atoms with van der Waals surface area (Å²) < 4.78 is 19.1. The van der Waals surface area contributed by atoms with Gasteiger partial charge in [-0.25, -0.2) is 9.18 Å². The number of carbonyl (C=O) groups is 1. The minimum absolute atomic E-state index is 0.0693. The molecule has 0 spiro atoms. The van der Waals surface area contributed by atoms with E-state index < -0.39 is 5.82 Å². The number of nitrogens with zero attached hydrogens (tertiary/aromatic N) is 2. The zero-order valence-corrected chi connectivity index (χ0v) is 17.0. The first-order chi connectivity index (χ1) is 15.1. The van der Waals surface area contributed by atoms with Crippen LogP contribution in [0.3, 0.4) is 0 Å². The molecule has 3 aromatic rings. The third-order valence-electron chi connectivity index (χ3n) is 6.19. The molecule has 0 unspecified atom stereocenters. The predicted molar refractivity (Wildman–Crippen MR) is 115 cm³/mol. The molecule has 3 aromatic carbocycles. The van der Waals surface area contributed by atoms with Gasteiger partial charge in [0.05, 0.1) is 11.1 Å². The molecule has 5 rings (SSSR count). The van der Waals surface area contributed by atoms with Crippen LogP contribution in [-0.2, 0) is 30.7 Å². The standard InChI is InChI=1S/C26H21FN2O2/c27-25-13-19(2-4-21(25)14-28)18-3-5-22-15-29(10-8-20(22)12-18)9-7-17-1-6-24-23(11-17)16-31-26(24)30/h1-6,11-13H,7-10,15-16H2. The Balaban J connectivity index is 1.26. The van der Waals surface area contributed by atoms with Gasteiger partial charge in [0.1, 0.15) is 18.5 Å². The van der Waals surface area contributed by atoms with E-state index in [1.807, 2.05) is 24.3 Å². The lowest BCUT2D eigenvalue weighted by Gasteiger charge is -2.29. The maximum Gasteiger partial charge on any atom is 0.338 e. The molecule has 0 fully saturated rings. The van der Waals surface area contributed by atoms with Crippen molar-refractivity contribution < 1.29 is 13.9 Å². The molecular weight excluding hydrogens is 391 g/mol. The van der Waals surface area contributed by atoms with Crippen molar-refractivity contribution >= 4 is 5.97 Å². The Morgan fingerprint density at radius 3 is 2.68 bits per heavy atom. The first-order valence-electron chi connectivity index (χ1n) is 10.4. The second-order valence-electron chi connectivity index (χ2n) is 8.13. The van der Waals surface area contributed by atoms with Crippen molar-refractivity contribution in [3.8, 4) is 17.2 Å². The Morgan fingerprint density at radius 2 is 1.84 bits per heavy atom. The fraction of sp³-hybridized carbons (Fsp3) is 0.231. The number of cyclic esters (lactones) is 1. The Bertz CT molecular complexity index is 1230. The number of rotatable bonds is 4. The molecule has 0 aromatic heterocycles. The highest BCUT2D eigenvalue weighted by Crippen LogP contribution is 2.28. The molecule has 0 N–H and O–H groups in total. The highest BCUT2D eigenvalue weighted by molar-refractivity contribution is 5.93. The van der Waals surface area contributed by atoms with Gasteiger partial charge in [0.25, 0.3) is 0 Å². The van der Waals surface area contributed by atoms with Gasteiger partial charge in [0.2, 0.25) is 0 Å². The van der Waals surface area contributed by atoms with Crippen LogP contribution in [0.4, 0.5) is 4.39 Å². The van der Waals surface area contributed by atoms with Crippen LogP contribution in [0, 0.1) is 17.1 Å². The normalized spacial score (nSPS) is 15.2. The van der Waals surface area contributed by atoms with Crippen molar-refractivity contribution in [3.05, 3.63) is 93.8 Å². The lowest BCUT2D eigenvalue weighted by atomic mass is 9.94. The van der Waals surface area contributed by atoms with Gasteiger partial charge in [0.15, 0.2) is 0 Å². The maximum absolute atomic E-state index is 14.0. The monoisotopic (exact) mass is 412 g/mol. The molecule has 0 radical (unpaired) electrons. The van der Waals surface area contributed by atoms with Crippen LogP contribution < -0.4 is 0 Å². The zero-order chi connectivity index (χ0) is 21.4. The molecule has 0 aliphatic carbocycles. The third kappa shape index (κ3) is 3.83. The first-order valence-corrected chi connectivity index (χ1v) is 10.4. The Kier molecular flexibility index (Phi) is 5.01. The predicted octanol–water partition coefficient (Wildman–Crippen LogP) is 4.64. The molecule has 0 atom stereocenters. The Labute approximate surface area is 180 Å². The number of benzene rings is 3. The lowest BCUT2D eigenvalue weighted by molar-refractivity contribution is 0.0535. The van der Waals surface area contributed by atoms with Crippen LogP contribution in [0.2, 0.25) is 0 Å². The number of ether oxygens (including phenoxy) is 1. The number of nitriles is 1. The van der Waals surface area contributed by atoms with Crippen molar-refractivity contribution in [2.75, 3.05) is 13.1 Å². The van der Waals surface area contributed by atoms with E-state index in [4.69, 9.17) is 10.00 Å². The van der Waals surface area contributed by atoms with Crippen molar-refractivity contribution in [1.82, 2.24) is 4.90 Å². The summed E-state index contributed by atoms with van der Waals surface area (Å²) in [6.07, 6.45) is 1.88. The topological polar surface area (TPSA) is 53.3 Å². The van der Waals surface area contributed by atoms with Gasteiger partial charge in [-0.1, -0.05) is 36.4 Å². The smallest absolute Gasteiger partial charge is 0.338 e. The molecule has 31 heavy (non-hydrogen) atoms. The van der Waals surface area contributed by atoms with E-state index in [-0.39, 0.29) is 11.5 Å². The summed E-state index contributed by atoms with van der Waals surface area (Å²) in [5.74, 6) is -0.705. The molecule has 5 heteroatoms. The number of carbonyl (C=O) groups excluding carboxylic acids is 1. The fourth-order valence-corrected chi connectivity index (χ4v) is 4.40. The zero-order valence-electron chi connectivity index (χ0n) is 17.0. The summed E-state index contributed by atoms with van der Waals surface area (Å²) in [7, 11) is 0. The molecule has 4 nitrogen and oxygen atoms in total. The van der Waals surface area contributed by atoms with Crippen LogP contribution in [-0.4, -0.2) is 24.0 Å². The van der Waals surface area contributed by atoms with Gasteiger partial charge in [-0.2, -0.15) is 5.26 Å². The van der Waals surface area contributed by atoms with Gasteiger partial charge in [-0.15, -0.1) is 0 Å². The minimum atomic E-state index is -0.480. The number of hydrogen-bond donors (Lipinski definition) is 0. The second-order valence-corrected chi connectivity index (χ2v) is 8.13. The van der Waals surface area contributed by atoms with Gasteiger partial charge in [-0.05, 0) is 58.9 Å². The molecule has 0 amide bonds. The van der Waals surface area contributed by atoms with E-state index in [1.165, 1.54) is 28.8 Å². The highest BCUT2D eigenvalue weighted by atomic mass is 19.1. The Morgan fingerprint density at radius 1 is 1.00 bits per heavy atom. The van der Waals surface area contributed by atoms with Crippen LogP contribution in [0.5, 0.6) is 0 Å².